The highest BCUT2D eigenvalue weighted by atomic mass is 79.9. The van der Waals surface area contributed by atoms with Gasteiger partial charge in [0.15, 0.2) is 11.6 Å². The van der Waals surface area contributed by atoms with Crippen LogP contribution in [-0.4, -0.2) is 22.9 Å². The zero-order valence-electron chi connectivity index (χ0n) is 8.49. The molecular weight excluding hydrogens is 277 g/mol. The minimum atomic E-state index is -0.674. The van der Waals surface area contributed by atoms with Gasteiger partial charge in [0.2, 0.25) is 5.91 Å². The molecule has 1 aliphatic heterocycles. The quantitative estimate of drug-likeness (QED) is 0.848. The molecule has 1 aliphatic rings. The average Bonchev–Trinajstić information content (AvgIpc) is 2.64. The predicted molar refractivity (Wildman–Crippen MR) is 62.3 cm³/mol. The number of carbonyl (C=O) groups excluding carboxylic acids is 1. The Morgan fingerprint density at radius 2 is 2.31 bits per heavy atom. The normalized spacial score (nSPS) is 20.5. The van der Waals surface area contributed by atoms with Crippen molar-refractivity contribution in [3.63, 3.8) is 0 Å². The summed E-state index contributed by atoms with van der Waals surface area (Å²) in [4.78, 5) is 13.2. The van der Waals surface area contributed by atoms with Crippen molar-refractivity contribution >= 4 is 27.5 Å². The van der Waals surface area contributed by atoms with Gasteiger partial charge in [0.05, 0.1) is 0 Å². The van der Waals surface area contributed by atoms with Gasteiger partial charge in [-0.1, -0.05) is 15.9 Å². The first-order valence-electron chi connectivity index (χ1n) is 4.96. The molecule has 0 aromatic heterocycles. The van der Waals surface area contributed by atoms with E-state index in [9.17, 15) is 14.3 Å². The number of hydrogen-bond acceptors (Lipinski definition) is 2. The molecule has 1 aromatic carbocycles. The van der Waals surface area contributed by atoms with Crippen molar-refractivity contribution in [3.05, 3.63) is 24.0 Å². The van der Waals surface area contributed by atoms with Gasteiger partial charge in [-0.25, -0.2) is 4.39 Å². The highest BCUT2D eigenvalue weighted by molar-refractivity contribution is 9.09. The number of aromatic hydroxyl groups is 1. The molecule has 86 valence electrons. The second-order valence-corrected chi connectivity index (χ2v) is 4.51. The van der Waals surface area contributed by atoms with Crippen LogP contribution in [0, 0.1) is 11.7 Å². The maximum Gasteiger partial charge on any atom is 0.227 e. The first-order valence-corrected chi connectivity index (χ1v) is 6.09. The first-order chi connectivity index (χ1) is 7.61. The van der Waals surface area contributed by atoms with Gasteiger partial charge < -0.3 is 10.0 Å². The van der Waals surface area contributed by atoms with E-state index >= 15 is 0 Å². The van der Waals surface area contributed by atoms with Gasteiger partial charge >= 0.3 is 0 Å². The number of rotatable bonds is 2. The molecule has 1 amide bonds. The van der Waals surface area contributed by atoms with E-state index in [1.165, 1.54) is 18.2 Å². The number of hydrogen-bond donors (Lipinski definition) is 1. The summed E-state index contributed by atoms with van der Waals surface area (Å²) in [5, 5.41) is 10.0. The third kappa shape index (κ3) is 2.04. The third-order valence-electron chi connectivity index (χ3n) is 2.66. The lowest BCUT2D eigenvalue weighted by atomic mass is 10.2. The van der Waals surface area contributed by atoms with Gasteiger partial charge in [-0.3, -0.25) is 4.79 Å². The van der Waals surface area contributed by atoms with Crippen molar-refractivity contribution < 1.29 is 14.3 Å². The lowest BCUT2D eigenvalue weighted by Gasteiger charge is -2.16. The molecule has 2 rings (SSSR count). The summed E-state index contributed by atoms with van der Waals surface area (Å²) in [7, 11) is 0. The topological polar surface area (TPSA) is 40.5 Å². The highest BCUT2D eigenvalue weighted by Crippen LogP contribution is 2.29. The van der Waals surface area contributed by atoms with Crippen LogP contribution in [0.5, 0.6) is 5.75 Å². The van der Waals surface area contributed by atoms with Crippen LogP contribution in [0.3, 0.4) is 0 Å². The second kappa shape index (κ2) is 4.41. The Morgan fingerprint density at radius 1 is 1.56 bits per heavy atom. The molecule has 1 unspecified atom stereocenters. The Kier molecular flexibility index (Phi) is 3.14. The Hall–Kier alpha value is -1.10. The van der Waals surface area contributed by atoms with E-state index < -0.39 is 11.6 Å². The number of anilines is 1. The van der Waals surface area contributed by atoms with Crippen molar-refractivity contribution in [2.45, 2.75) is 6.42 Å². The second-order valence-electron chi connectivity index (χ2n) is 3.86. The van der Waals surface area contributed by atoms with E-state index in [1.807, 2.05) is 0 Å². The Balaban J connectivity index is 2.24. The number of halogens is 2. The molecule has 0 radical (unpaired) electrons. The molecule has 1 heterocycles. The molecule has 1 fully saturated rings. The fourth-order valence-corrected chi connectivity index (χ4v) is 2.24. The summed E-state index contributed by atoms with van der Waals surface area (Å²) in [5.41, 5.74) is 0.548. The molecule has 1 aromatic rings. The van der Waals surface area contributed by atoms with Crippen LogP contribution in [0.4, 0.5) is 10.1 Å². The maximum absolute atomic E-state index is 12.9. The van der Waals surface area contributed by atoms with Crippen LogP contribution in [0.2, 0.25) is 0 Å². The molecule has 1 N–H and O–H groups in total. The van der Waals surface area contributed by atoms with Crippen LogP contribution >= 0.6 is 15.9 Å². The minimum absolute atomic E-state index is 0.00968. The molecule has 16 heavy (non-hydrogen) atoms. The van der Waals surface area contributed by atoms with E-state index in [4.69, 9.17) is 0 Å². The Morgan fingerprint density at radius 3 is 2.88 bits per heavy atom. The number of phenols is 1. The largest absolute Gasteiger partial charge is 0.505 e. The lowest BCUT2D eigenvalue weighted by molar-refractivity contribution is -0.117. The molecule has 0 bridgehead atoms. The summed E-state index contributed by atoms with van der Waals surface area (Å²) in [5.74, 6) is -0.810. The summed E-state index contributed by atoms with van der Waals surface area (Å²) < 4.78 is 12.9. The fraction of sp³-hybridized carbons (Fsp3) is 0.364. The standard InChI is InChI=1S/C11H11BrFNO2/c12-5-7-3-11(16)14(6-7)8-1-2-9(13)10(15)4-8/h1-2,4,7,15H,3,5-6H2. The summed E-state index contributed by atoms with van der Waals surface area (Å²) in [6, 6.07) is 3.95. The van der Waals surface area contributed by atoms with E-state index in [1.54, 1.807) is 4.90 Å². The van der Waals surface area contributed by atoms with Crippen LogP contribution in [0.25, 0.3) is 0 Å². The summed E-state index contributed by atoms with van der Waals surface area (Å²) in [6.07, 6.45) is 0.489. The van der Waals surface area contributed by atoms with Crippen LogP contribution in [0.15, 0.2) is 18.2 Å². The molecule has 1 atom stereocenters. The van der Waals surface area contributed by atoms with Gasteiger partial charge in [-0.05, 0) is 18.1 Å². The van der Waals surface area contributed by atoms with Gasteiger partial charge in [-0.2, -0.15) is 0 Å². The zero-order valence-corrected chi connectivity index (χ0v) is 10.1. The summed E-state index contributed by atoms with van der Waals surface area (Å²) >= 11 is 3.34. The van der Waals surface area contributed by atoms with E-state index in [-0.39, 0.29) is 11.8 Å². The van der Waals surface area contributed by atoms with Gasteiger partial charge in [0.25, 0.3) is 0 Å². The summed E-state index contributed by atoms with van der Waals surface area (Å²) in [6.45, 7) is 0.606. The average molecular weight is 288 g/mol. The van der Waals surface area contributed by atoms with Crippen LogP contribution < -0.4 is 4.90 Å². The molecular formula is C11H11BrFNO2. The molecule has 5 heteroatoms. The third-order valence-corrected chi connectivity index (χ3v) is 3.58. The van der Waals surface area contributed by atoms with E-state index in [2.05, 4.69) is 15.9 Å². The van der Waals surface area contributed by atoms with Gasteiger partial charge in [0.1, 0.15) is 0 Å². The molecule has 0 aliphatic carbocycles. The number of alkyl halides is 1. The molecule has 1 saturated heterocycles. The van der Waals surface area contributed by atoms with Crippen molar-refractivity contribution in [1.82, 2.24) is 0 Å². The van der Waals surface area contributed by atoms with Crippen molar-refractivity contribution in [2.75, 3.05) is 16.8 Å². The predicted octanol–water partition coefficient (Wildman–Crippen LogP) is 2.28. The Bertz CT molecular complexity index is 424. The fourth-order valence-electron chi connectivity index (χ4n) is 1.80. The van der Waals surface area contributed by atoms with E-state index in [0.717, 1.165) is 5.33 Å². The lowest BCUT2D eigenvalue weighted by Crippen LogP contribution is -2.24. The SMILES string of the molecule is O=C1CC(CBr)CN1c1ccc(F)c(O)c1. The molecule has 0 spiro atoms. The molecule has 3 nitrogen and oxygen atoms in total. The van der Waals surface area contributed by atoms with Crippen LogP contribution in [0.1, 0.15) is 6.42 Å². The van der Waals surface area contributed by atoms with Crippen LogP contribution in [-0.2, 0) is 4.79 Å². The number of nitrogens with zero attached hydrogens (tertiary/aromatic N) is 1. The van der Waals surface area contributed by atoms with E-state index in [0.29, 0.717) is 18.7 Å². The smallest absolute Gasteiger partial charge is 0.227 e. The minimum Gasteiger partial charge on any atom is -0.505 e. The number of phenolic OH excluding ortho intramolecular Hbond substituents is 1. The number of carbonyl (C=O) groups is 1. The van der Waals surface area contributed by atoms with Crippen molar-refractivity contribution in [2.24, 2.45) is 5.92 Å². The monoisotopic (exact) mass is 287 g/mol. The zero-order chi connectivity index (χ0) is 11.7. The van der Waals surface area contributed by atoms with Crippen molar-refractivity contribution in [1.29, 1.82) is 0 Å². The van der Waals surface area contributed by atoms with Crippen molar-refractivity contribution in [3.8, 4) is 5.75 Å². The van der Waals surface area contributed by atoms with Gasteiger partial charge in [0, 0.05) is 30.0 Å². The first kappa shape index (κ1) is 11.4. The number of benzene rings is 1. The van der Waals surface area contributed by atoms with Gasteiger partial charge in [-0.15, -0.1) is 0 Å². The number of amides is 1. The Labute approximate surface area is 101 Å². The molecule has 0 saturated carbocycles. The highest BCUT2D eigenvalue weighted by Gasteiger charge is 2.30. The maximum atomic E-state index is 12.9.